The van der Waals surface area contributed by atoms with Crippen molar-refractivity contribution < 1.29 is 4.74 Å². The molecule has 0 aliphatic carbocycles. The summed E-state index contributed by atoms with van der Waals surface area (Å²) in [5.41, 5.74) is 5.57. The van der Waals surface area contributed by atoms with Crippen molar-refractivity contribution in [1.29, 1.82) is 0 Å². The highest BCUT2D eigenvalue weighted by atomic mass is 16.5. The summed E-state index contributed by atoms with van der Waals surface area (Å²) in [5, 5.41) is 0. The van der Waals surface area contributed by atoms with Gasteiger partial charge in [0.1, 0.15) is 0 Å². The Labute approximate surface area is 51.0 Å². The molecule has 0 aliphatic heterocycles. The molecule has 0 spiro atoms. The van der Waals surface area contributed by atoms with Crippen LogP contribution in [0.15, 0.2) is 0 Å². The third kappa shape index (κ3) is 2.99. The topological polar surface area (TPSA) is 35.2 Å². The summed E-state index contributed by atoms with van der Waals surface area (Å²) in [6.07, 6.45) is 0.959. The van der Waals surface area contributed by atoms with Gasteiger partial charge in [-0.2, -0.15) is 0 Å². The van der Waals surface area contributed by atoms with Gasteiger partial charge in [-0.1, -0.05) is 6.92 Å². The normalized spacial score (nSPS) is 18.0. The minimum atomic E-state index is -0.130. The van der Waals surface area contributed by atoms with Crippen LogP contribution in [0.2, 0.25) is 0 Å². The Bertz CT molecular complexity index is 61.5. The quantitative estimate of drug-likeness (QED) is 0.592. The van der Waals surface area contributed by atoms with Gasteiger partial charge in [-0.25, -0.2) is 0 Å². The number of hydrogen-bond acceptors (Lipinski definition) is 2. The maximum Gasteiger partial charge on any atom is 0.0639 e. The van der Waals surface area contributed by atoms with Crippen LogP contribution in [0.3, 0.4) is 0 Å². The number of hydrogen-bond donors (Lipinski definition) is 1. The van der Waals surface area contributed by atoms with Crippen molar-refractivity contribution in [3.05, 3.63) is 0 Å². The van der Waals surface area contributed by atoms with Crippen molar-refractivity contribution in [2.24, 2.45) is 5.73 Å². The van der Waals surface area contributed by atoms with Crippen molar-refractivity contribution in [3.63, 3.8) is 0 Å². The minimum Gasteiger partial charge on any atom is -0.383 e. The monoisotopic (exact) mass is 117 g/mol. The Hall–Kier alpha value is -0.0800. The fourth-order valence-electron chi connectivity index (χ4n) is 0.432. The van der Waals surface area contributed by atoms with Crippen LogP contribution in [0.5, 0.6) is 0 Å². The smallest absolute Gasteiger partial charge is 0.0639 e. The molecule has 0 radical (unpaired) electrons. The summed E-state index contributed by atoms with van der Waals surface area (Å²) in [5.74, 6) is 0. The highest BCUT2D eigenvalue weighted by molar-refractivity contribution is 4.74. The lowest BCUT2D eigenvalue weighted by molar-refractivity contribution is 0.139. The lowest BCUT2D eigenvalue weighted by Crippen LogP contribution is -2.39. The van der Waals surface area contributed by atoms with Crippen molar-refractivity contribution >= 4 is 0 Å². The van der Waals surface area contributed by atoms with Gasteiger partial charge >= 0.3 is 0 Å². The zero-order chi connectivity index (χ0) is 6.62. The molecule has 0 rings (SSSR count). The van der Waals surface area contributed by atoms with Gasteiger partial charge in [0.05, 0.1) is 6.61 Å². The summed E-state index contributed by atoms with van der Waals surface area (Å²) < 4.78 is 4.87. The summed E-state index contributed by atoms with van der Waals surface area (Å²) >= 11 is 0. The number of ether oxygens (including phenoxy) is 1. The van der Waals surface area contributed by atoms with E-state index in [0.29, 0.717) is 6.61 Å². The lowest BCUT2D eigenvalue weighted by Gasteiger charge is -2.20. The van der Waals surface area contributed by atoms with E-state index in [4.69, 9.17) is 10.5 Å². The minimum absolute atomic E-state index is 0.130. The average Bonchev–Trinajstić information content (AvgIpc) is 1.67. The molecule has 0 saturated carbocycles. The molecule has 0 amide bonds. The molecule has 1 unspecified atom stereocenters. The molecule has 0 saturated heterocycles. The second-order valence-corrected chi connectivity index (χ2v) is 2.44. The van der Waals surface area contributed by atoms with Crippen LogP contribution in [0.25, 0.3) is 0 Å². The van der Waals surface area contributed by atoms with E-state index >= 15 is 0 Å². The molecule has 2 nitrogen and oxygen atoms in total. The lowest BCUT2D eigenvalue weighted by atomic mass is 10.0. The summed E-state index contributed by atoms with van der Waals surface area (Å²) in [7, 11) is 1.67. The second kappa shape index (κ2) is 3.05. The molecule has 2 heteroatoms. The molecule has 2 N–H and O–H groups in total. The number of methoxy groups -OCH3 is 1. The first kappa shape index (κ1) is 7.92. The Morgan fingerprint density at radius 2 is 2.12 bits per heavy atom. The Morgan fingerprint density at radius 3 is 2.25 bits per heavy atom. The zero-order valence-corrected chi connectivity index (χ0v) is 5.90. The summed E-state index contributed by atoms with van der Waals surface area (Å²) in [4.78, 5) is 0. The first-order valence-corrected chi connectivity index (χ1v) is 2.90. The Kier molecular flexibility index (Phi) is 3.02. The van der Waals surface area contributed by atoms with Gasteiger partial charge in [0.15, 0.2) is 0 Å². The van der Waals surface area contributed by atoms with E-state index in [1.807, 2.05) is 6.92 Å². The van der Waals surface area contributed by atoms with Gasteiger partial charge < -0.3 is 10.5 Å². The van der Waals surface area contributed by atoms with E-state index < -0.39 is 0 Å². The number of nitrogens with two attached hydrogens (primary N) is 1. The molecule has 0 aromatic carbocycles. The standard InChI is InChI=1S/C6H15NO/c1-4-6(2,7)5-8-3/h4-5,7H2,1-3H3. The van der Waals surface area contributed by atoms with Gasteiger partial charge in [-0.05, 0) is 13.3 Å². The predicted molar refractivity (Wildman–Crippen MR) is 34.8 cm³/mol. The predicted octanol–water partition coefficient (Wildman–Crippen LogP) is 0.760. The van der Waals surface area contributed by atoms with Crippen molar-refractivity contribution in [2.45, 2.75) is 25.8 Å². The maximum absolute atomic E-state index is 5.70. The molecule has 50 valence electrons. The van der Waals surface area contributed by atoms with Crippen LogP contribution in [0, 0.1) is 0 Å². The van der Waals surface area contributed by atoms with Crippen molar-refractivity contribution in [1.82, 2.24) is 0 Å². The van der Waals surface area contributed by atoms with Crippen LogP contribution in [-0.4, -0.2) is 19.3 Å². The van der Waals surface area contributed by atoms with Crippen LogP contribution in [0.1, 0.15) is 20.3 Å². The molecule has 0 aliphatic rings. The Morgan fingerprint density at radius 1 is 1.62 bits per heavy atom. The van der Waals surface area contributed by atoms with Gasteiger partial charge in [-0.3, -0.25) is 0 Å². The molecular weight excluding hydrogens is 102 g/mol. The molecular formula is C6H15NO. The third-order valence-electron chi connectivity index (χ3n) is 1.28. The SMILES string of the molecule is CCC(C)(N)COC. The molecule has 0 fully saturated rings. The van der Waals surface area contributed by atoms with Gasteiger partial charge in [0.25, 0.3) is 0 Å². The van der Waals surface area contributed by atoms with Gasteiger partial charge in [0, 0.05) is 12.6 Å². The van der Waals surface area contributed by atoms with Crippen LogP contribution >= 0.6 is 0 Å². The van der Waals surface area contributed by atoms with E-state index in [-0.39, 0.29) is 5.54 Å². The summed E-state index contributed by atoms with van der Waals surface area (Å²) in [6.45, 7) is 4.68. The van der Waals surface area contributed by atoms with Crippen molar-refractivity contribution in [2.75, 3.05) is 13.7 Å². The fourth-order valence-corrected chi connectivity index (χ4v) is 0.432. The molecule has 1 atom stereocenters. The molecule has 0 heterocycles. The highest BCUT2D eigenvalue weighted by Gasteiger charge is 2.13. The van der Waals surface area contributed by atoms with Crippen LogP contribution in [0.4, 0.5) is 0 Å². The molecule has 0 bridgehead atoms. The van der Waals surface area contributed by atoms with E-state index in [1.165, 1.54) is 0 Å². The van der Waals surface area contributed by atoms with E-state index in [0.717, 1.165) is 6.42 Å². The summed E-state index contributed by atoms with van der Waals surface area (Å²) in [6, 6.07) is 0. The molecule has 0 aromatic heterocycles. The van der Waals surface area contributed by atoms with Crippen LogP contribution in [-0.2, 0) is 4.74 Å². The molecule has 0 aromatic rings. The average molecular weight is 117 g/mol. The second-order valence-electron chi connectivity index (χ2n) is 2.44. The van der Waals surface area contributed by atoms with Gasteiger partial charge in [-0.15, -0.1) is 0 Å². The van der Waals surface area contributed by atoms with E-state index in [1.54, 1.807) is 7.11 Å². The Balaban J connectivity index is 3.37. The van der Waals surface area contributed by atoms with Crippen LogP contribution < -0.4 is 5.73 Å². The zero-order valence-electron chi connectivity index (χ0n) is 5.90. The van der Waals surface area contributed by atoms with Crippen molar-refractivity contribution in [3.8, 4) is 0 Å². The molecule has 8 heavy (non-hydrogen) atoms. The maximum atomic E-state index is 5.70. The van der Waals surface area contributed by atoms with Gasteiger partial charge in [0.2, 0.25) is 0 Å². The largest absolute Gasteiger partial charge is 0.383 e. The number of rotatable bonds is 3. The first-order valence-electron chi connectivity index (χ1n) is 2.90. The van der Waals surface area contributed by atoms with E-state index in [9.17, 15) is 0 Å². The fraction of sp³-hybridized carbons (Fsp3) is 1.00. The third-order valence-corrected chi connectivity index (χ3v) is 1.28. The highest BCUT2D eigenvalue weighted by Crippen LogP contribution is 2.02. The van der Waals surface area contributed by atoms with E-state index in [2.05, 4.69) is 6.92 Å². The first-order chi connectivity index (χ1) is 3.62.